The molecule has 0 aromatic heterocycles. The first-order valence-corrected chi connectivity index (χ1v) is 6.58. The molecule has 1 amide bonds. The molecule has 4 nitrogen and oxygen atoms in total. The molecule has 0 bridgehead atoms. The first-order valence-electron chi connectivity index (χ1n) is 6.58. The predicted molar refractivity (Wildman–Crippen MR) is 75.2 cm³/mol. The second-order valence-corrected chi connectivity index (χ2v) is 4.97. The number of amides is 1. The number of benzene rings is 1. The third-order valence-electron chi connectivity index (χ3n) is 3.35. The molecule has 0 saturated carbocycles. The van der Waals surface area contributed by atoms with Crippen molar-refractivity contribution >= 4 is 5.91 Å². The summed E-state index contributed by atoms with van der Waals surface area (Å²) in [6.07, 6.45) is 1.77. The average Bonchev–Trinajstić information content (AvgIpc) is 2.45. The highest BCUT2D eigenvalue weighted by molar-refractivity contribution is 5.77. The van der Waals surface area contributed by atoms with Crippen LogP contribution in [-0.4, -0.2) is 30.3 Å². The Morgan fingerprint density at radius 3 is 2.79 bits per heavy atom. The van der Waals surface area contributed by atoms with Crippen molar-refractivity contribution in [2.24, 2.45) is 0 Å². The van der Waals surface area contributed by atoms with Crippen molar-refractivity contribution in [2.45, 2.75) is 38.6 Å². The Bertz CT molecular complexity index is 414. The predicted octanol–water partition coefficient (Wildman–Crippen LogP) is 1.91. The fourth-order valence-corrected chi connectivity index (χ4v) is 1.72. The summed E-state index contributed by atoms with van der Waals surface area (Å²) in [7, 11) is 1.62. The van der Waals surface area contributed by atoms with Gasteiger partial charge in [0.2, 0.25) is 5.91 Å². The first-order chi connectivity index (χ1) is 9.03. The first kappa shape index (κ1) is 15.5. The van der Waals surface area contributed by atoms with Gasteiger partial charge < -0.3 is 15.2 Å². The van der Waals surface area contributed by atoms with Crippen LogP contribution >= 0.6 is 0 Å². The molecule has 0 aliphatic rings. The zero-order valence-corrected chi connectivity index (χ0v) is 11.9. The number of nitrogens with one attached hydrogen (secondary N) is 1. The average molecular weight is 265 g/mol. The maximum Gasteiger partial charge on any atom is 0.220 e. The SMILES string of the molecule is CCC(C)(CO)NC(=O)CCc1cccc(OC)c1. The highest BCUT2D eigenvalue weighted by atomic mass is 16.5. The topological polar surface area (TPSA) is 58.6 Å². The Labute approximate surface area is 114 Å². The van der Waals surface area contributed by atoms with Gasteiger partial charge in [-0.2, -0.15) is 0 Å². The molecule has 19 heavy (non-hydrogen) atoms. The minimum atomic E-state index is -0.522. The standard InChI is InChI=1S/C15H23NO3/c1-4-15(2,11-17)16-14(18)9-8-12-6-5-7-13(10-12)19-3/h5-7,10,17H,4,8-9,11H2,1-3H3,(H,16,18). The van der Waals surface area contributed by atoms with E-state index in [0.717, 1.165) is 11.3 Å². The summed E-state index contributed by atoms with van der Waals surface area (Å²) in [5.41, 5.74) is 0.544. The molecule has 1 unspecified atom stereocenters. The summed E-state index contributed by atoms with van der Waals surface area (Å²) < 4.78 is 5.14. The van der Waals surface area contributed by atoms with Gasteiger partial charge in [0, 0.05) is 6.42 Å². The lowest BCUT2D eigenvalue weighted by atomic mass is 9.99. The lowest BCUT2D eigenvalue weighted by Crippen LogP contribution is -2.48. The molecule has 0 aliphatic heterocycles. The molecule has 0 heterocycles. The second-order valence-electron chi connectivity index (χ2n) is 4.97. The van der Waals surface area contributed by atoms with Gasteiger partial charge in [0.15, 0.2) is 0 Å². The zero-order valence-electron chi connectivity index (χ0n) is 11.9. The molecule has 4 heteroatoms. The van der Waals surface area contributed by atoms with E-state index >= 15 is 0 Å². The van der Waals surface area contributed by atoms with E-state index in [0.29, 0.717) is 19.3 Å². The van der Waals surface area contributed by atoms with E-state index in [1.54, 1.807) is 7.11 Å². The molecule has 1 rings (SSSR count). The van der Waals surface area contributed by atoms with Crippen LogP contribution < -0.4 is 10.1 Å². The highest BCUT2D eigenvalue weighted by Gasteiger charge is 2.22. The number of rotatable bonds is 7. The van der Waals surface area contributed by atoms with Crippen LogP contribution in [0.3, 0.4) is 0 Å². The number of carbonyl (C=O) groups excluding carboxylic acids is 1. The van der Waals surface area contributed by atoms with Crippen LogP contribution in [0.4, 0.5) is 0 Å². The number of hydrogen-bond donors (Lipinski definition) is 2. The molecule has 0 fully saturated rings. The Hall–Kier alpha value is -1.55. The summed E-state index contributed by atoms with van der Waals surface area (Å²) in [6, 6.07) is 7.69. The van der Waals surface area contributed by atoms with Crippen molar-refractivity contribution in [3.8, 4) is 5.75 Å². The van der Waals surface area contributed by atoms with E-state index < -0.39 is 5.54 Å². The molecule has 0 radical (unpaired) electrons. The van der Waals surface area contributed by atoms with Crippen molar-refractivity contribution < 1.29 is 14.6 Å². The number of carbonyl (C=O) groups is 1. The van der Waals surface area contributed by atoms with Crippen molar-refractivity contribution in [1.29, 1.82) is 0 Å². The van der Waals surface area contributed by atoms with Crippen LogP contribution in [0.15, 0.2) is 24.3 Å². The second kappa shape index (κ2) is 7.14. The minimum absolute atomic E-state index is 0.0405. The summed E-state index contributed by atoms with van der Waals surface area (Å²) >= 11 is 0. The van der Waals surface area contributed by atoms with Crippen LogP contribution in [0, 0.1) is 0 Å². The molecule has 2 N–H and O–H groups in total. The minimum Gasteiger partial charge on any atom is -0.497 e. The maximum absolute atomic E-state index is 11.9. The van der Waals surface area contributed by atoms with E-state index in [-0.39, 0.29) is 12.5 Å². The number of hydrogen-bond acceptors (Lipinski definition) is 3. The summed E-state index contributed by atoms with van der Waals surface area (Å²) in [6.45, 7) is 3.74. The Kier molecular flexibility index (Phi) is 5.83. The van der Waals surface area contributed by atoms with Gasteiger partial charge in [-0.15, -0.1) is 0 Å². The number of methoxy groups -OCH3 is 1. The Balaban J connectivity index is 2.50. The van der Waals surface area contributed by atoms with Gasteiger partial charge in [-0.1, -0.05) is 19.1 Å². The van der Waals surface area contributed by atoms with E-state index in [4.69, 9.17) is 4.74 Å². The number of aryl methyl sites for hydroxylation is 1. The van der Waals surface area contributed by atoms with Crippen molar-refractivity contribution in [3.05, 3.63) is 29.8 Å². The summed E-state index contributed by atoms with van der Waals surface area (Å²) in [5.74, 6) is 0.757. The van der Waals surface area contributed by atoms with Crippen LogP contribution in [0.5, 0.6) is 5.75 Å². The van der Waals surface area contributed by atoms with Crippen molar-refractivity contribution in [1.82, 2.24) is 5.32 Å². The number of aliphatic hydroxyl groups excluding tert-OH is 1. The lowest BCUT2D eigenvalue weighted by molar-refractivity contribution is -0.123. The number of ether oxygens (including phenoxy) is 1. The van der Waals surface area contributed by atoms with Crippen LogP contribution in [0.2, 0.25) is 0 Å². The van der Waals surface area contributed by atoms with E-state index in [1.165, 1.54) is 0 Å². The van der Waals surface area contributed by atoms with E-state index in [9.17, 15) is 9.90 Å². The molecule has 1 aromatic rings. The van der Waals surface area contributed by atoms with E-state index in [2.05, 4.69) is 5.32 Å². The monoisotopic (exact) mass is 265 g/mol. The largest absolute Gasteiger partial charge is 0.497 e. The fraction of sp³-hybridized carbons (Fsp3) is 0.533. The normalized spacial score (nSPS) is 13.7. The molecule has 1 aromatic carbocycles. The van der Waals surface area contributed by atoms with E-state index in [1.807, 2.05) is 38.1 Å². The van der Waals surface area contributed by atoms with Gasteiger partial charge in [-0.05, 0) is 37.5 Å². The van der Waals surface area contributed by atoms with Crippen LogP contribution in [0.25, 0.3) is 0 Å². The molecular formula is C15H23NO3. The fourth-order valence-electron chi connectivity index (χ4n) is 1.72. The summed E-state index contributed by atoms with van der Waals surface area (Å²) in [4.78, 5) is 11.9. The van der Waals surface area contributed by atoms with Gasteiger partial charge in [-0.3, -0.25) is 4.79 Å². The molecule has 106 valence electrons. The van der Waals surface area contributed by atoms with Crippen LogP contribution in [0.1, 0.15) is 32.3 Å². The van der Waals surface area contributed by atoms with Gasteiger partial charge in [0.1, 0.15) is 5.75 Å². The molecular weight excluding hydrogens is 242 g/mol. The third kappa shape index (κ3) is 4.91. The third-order valence-corrected chi connectivity index (χ3v) is 3.35. The maximum atomic E-state index is 11.9. The summed E-state index contributed by atoms with van der Waals surface area (Å²) in [5, 5.41) is 12.1. The quantitative estimate of drug-likeness (QED) is 0.791. The van der Waals surface area contributed by atoms with Gasteiger partial charge in [-0.25, -0.2) is 0 Å². The lowest BCUT2D eigenvalue weighted by Gasteiger charge is -2.27. The molecule has 1 atom stereocenters. The Morgan fingerprint density at radius 1 is 1.47 bits per heavy atom. The van der Waals surface area contributed by atoms with Crippen molar-refractivity contribution in [3.63, 3.8) is 0 Å². The zero-order chi connectivity index (χ0) is 14.3. The molecule has 0 aliphatic carbocycles. The van der Waals surface area contributed by atoms with Gasteiger partial charge in [0.05, 0.1) is 19.3 Å². The van der Waals surface area contributed by atoms with Crippen molar-refractivity contribution in [2.75, 3.05) is 13.7 Å². The Morgan fingerprint density at radius 2 is 2.21 bits per heavy atom. The molecule has 0 spiro atoms. The highest BCUT2D eigenvalue weighted by Crippen LogP contribution is 2.14. The molecule has 0 saturated heterocycles. The van der Waals surface area contributed by atoms with Gasteiger partial charge >= 0.3 is 0 Å². The number of aliphatic hydroxyl groups is 1. The van der Waals surface area contributed by atoms with Gasteiger partial charge in [0.25, 0.3) is 0 Å². The smallest absolute Gasteiger partial charge is 0.220 e. The van der Waals surface area contributed by atoms with Crippen LogP contribution in [-0.2, 0) is 11.2 Å².